The van der Waals surface area contributed by atoms with Crippen molar-refractivity contribution in [2.75, 3.05) is 19.5 Å². The number of nitrogens with one attached hydrogen (secondary N) is 2. The summed E-state index contributed by atoms with van der Waals surface area (Å²) >= 11 is 0. The van der Waals surface area contributed by atoms with Crippen molar-refractivity contribution in [3.8, 4) is 17.2 Å². The number of carbonyl (C=O) groups is 1. The molecule has 0 fully saturated rings. The Balaban J connectivity index is 2.05. The topological polar surface area (TPSA) is 68.8 Å². The number of ether oxygens (including phenoxy) is 3. The number of urea groups is 1. The first-order valence-electron chi connectivity index (χ1n) is 8.83. The van der Waals surface area contributed by atoms with Crippen LogP contribution in [-0.4, -0.2) is 26.4 Å². The molecule has 2 N–H and O–H groups in total. The van der Waals surface area contributed by atoms with Crippen LogP contribution >= 0.6 is 0 Å². The Kier molecular flexibility index (Phi) is 6.55. The number of benzene rings is 2. The van der Waals surface area contributed by atoms with Gasteiger partial charge in [-0.15, -0.1) is 0 Å². The Bertz CT molecular complexity index is 770. The average molecular weight is 372 g/mol. The molecule has 27 heavy (non-hydrogen) atoms. The molecular formula is C21H28N2O4. The Morgan fingerprint density at radius 2 is 1.59 bits per heavy atom. The second-order valence-corrected chi connectivity index (χ2v) is 6.96. The van der Waals surface area contributed by atoms with E-state index in [-0.39, 0.29) is 12.1 Å². The summed E-state index contributed by atoms with van der Waals surface area (Å²) in [7, 11) is 3.17. The van der Waals surface area contributed by atoms with E-state index in [0.29, 0.717) is 17.2 Å². The van der Waals surface area contributed by atoms with E-state index in [0.717, 1.165) is 11.3 Å². The highest BCUT2D eigenvalue weighted by Crippen LogP contribution is 2.32. The minimum atomic E-state index is -0.607. The van der Waals surface area contributed by atoms with E-state index in [2.05, 4.69) is 10.6 Å². The quantitative estimate of drug-likeness (QED) is 0.748. The fourth-order valence-corrected chi connectivity index (χ4v) is 2.63. The van der Waals surface area contributed by atoms with Gasteiger partial charge < -0.3 is 24.8 Å². The lowest BCUT2D eigenvalue weighted by Gasteiger charge is -2.27. The fourth-order valence-electron chi connectivity index (χ4n) is 2.63. The maximum atomic E-state index is 12.4. The van der Waals surface area contributed by atoms with E-state index in [1.165, 1.54) is 0 Å². The SMILES string of the molecule is COc1ccc(C(C)(C)NC(=O)Nc2ccc(OC(C)C)cc2)cc1OC. The highest BCUT2D eigenvalue weighted by atomic mass is 16.5. The van der Waals surface area contributed by atoms with Crippen molar-refractivity contribution in [2.24, 2.45) is 0 Å². The molecule has 0 saturated carbocycles. The van der Waals surface area contributed by atoms with E-state index in [1.807, 2.05) is 58.0 Å². The van der Waals surface area contributed by atoms with E-state index in [1.54, 1.807) is 26.4 Å². The van der Waals surface area contributed by atoms with Crippen LogP contribution in [0.15, 0.2) is 42.5 Å². The highest BCUT2D eigenvalue weighted by molar-refractivity contribution is 5.89. The summed E-state index contributed by atoms with van der Waals surface area (Å²) in [4.78, 5) is 12.4. The van der Waals surface area contributed by atoms with Gasteiger partial charge >= 0.3 is 6.03 Å². The number of methoxy groups -OCH3 is 2. The summed E-state index contributed by atoms with van der Waals surface area (Å²) in [5.41, 5.74) is 0.979. The van der Waals surface area contributed by atoms with Crippen molar-refractivity contribution in [1.29, 1.82) is 0 Å². The zero-order valence-electron chi connectivity index (χ0n) is 16.8. The van der Waals surface area contributed by atoms with Gasteiger partial charge in [-0.3, -0.25) is 0 Å². The van der Waals surface area contributed by atoms with Gasteiger partial charge in [-0.2, -0.15) is 0 Å². The van der Waals surface area contributed by atoms with Crippen molar-refractivity contribution in [2.45, 2.75) is 39.3 Å². The smallest absolute Gasteiger partial charge is 0.319 e. The first-order chi connectivity index (χ1) is 12.7. The van der Waals surface area contributed by atoms with Crippen molar-refractivity contribution >= 4 is 11.7 Å². The molecule has 6 heteroatoms. The van der Waals surface area contributed by atoms with Gasteiger partial charge in [0.2, 0.25) is 0 Å². The van der Waals surface area contributed by atoms with Gasteiger partial charge in [-0.1, -0.05) is 6.07 Å². The molecule has 0 aliphatic rings. The molecule has 0 aromatic heterocycles. The molecule has 146 valence electrons. The van der Waals surface area contributed by atoms with Gasteiger partial charge in [-0.05, 0) is 69.7 Å². The van der Waals surface area contributed by atoms with Gasteiger partial charge in [0.25, 0.3) is 0 Å². The predicted molar refractivity (Wildman–Crippen MR) is 107 cm³/mol. The third-order valence-corrected chi connectivity index (χ3v) is 4.02. The van der Waals surface area contributed by atoms with Gasteiger partial charge in [0.15, 0.2) is 11.5 Å². The van der Waals surface area contributed by atoms with Crippen LogP contribution in [0.3, 0.4) is 0 Å². The molecule has 0 bridgehead atoms. The molecule has 2 amide bonds. The van der Waals surface area contributed by atoms with Gasteiger partial charge in [0.05, 0.1) is 25.9 Å². The molecule has 0 heterocycles. The summed E-state index contributed by atoms with van der Waals surface area (Å²) in [6.07, 6.45) is 0.106. The summed E-state index contributed by atoms with van der Waals surface area (Å²) in [5.74, 6) is 2.03. The Hall–Kier alpha value is -2.89. The average Bonchev–Trinajstić information content (AvgIpc) is 2.61. The lowest BCUT2D eigenvalue weighted by molar-refractivity contribution is 0.241. The third kappa shape index (κ3) is 5.54. The van der Waals surface area contributed by atoms with E-state index < -0.39 is 5.54 Å². The maximum absolute atomic E-state index is 12.4. The van der Waals surface area contributed by atoms with Gasteiger partial charge in [-0.25, -0.2) is 4.79 Å². The Morgan fingerprint density at radius 1 is 0.963 bits per heavy atom. The monoisotopic (exact) mass is 372 g/mol. The molecule has 2 aromatic rings. The van der Waals surface area contributed by atoms with Crippen LogP contribution in [0.4, 0.5) is 10.5 Å². The normalized spacial score (nSPS) is 11.1. The lowest BCUT2D eigenvalue weighted by atomic mass is 9.94. The van der Waals surface area contributed by atoms with Crippen molar-refractivity contribution < 1.29 is 19.0 Å². The zero-order valence-corrected chi connectivity index (χ0v) is 16.8. The summed E-state index contributed by atoms with van der Waals surface area (Å²) in [5, 5.41) is 5.82. The zero-order chi connectivity index (χ0) is 20.0. The predicted octanol–water partition coefficient (Wildman–Crippen LogP) is 4.55. The summed E-state index contributed by atoms with van der Waals surface area (Å²) < 4.78 is 16.2. The standard InChI is InChI=1S/C21H28N2O4/c1-14(2)27-17-10-8-16(9-11-17)22-20(24)23-21(3,4)15-7-12-18(25-5)19(13-15)26-6/h7-14H,1-6H3,(H2,22,23,24). The van der Waals surface area contributed by atoms with Crippen LogP contribution in [-0.2, 0) is 5.54 Å². The van der Waals surface area contributed by atoms with E-state index in [9.17, 15) is 4.79 Å². The van der Waals surface area contributed by atoms with Crippen molar-refractivity contribution in [3.05, 3.63) is 48.0 Å². The minimum Gasteiger partial charge on any atom is -0.493 e. The molecule has 0 aliphatic carbocycles. The van der Waals surface area contributed by atoms with Crippen LogP contribution in [0.2, 0.25) is 0 Å². The summed E-state index contributed by atoms with van der Waals surface area (Å²) in [6, 6.07) is 12.6. The molecule has 0 spiro atoms. The van der Waals surface area contributed by atoms with Crippen LogP contribution in [0.1, 0.15) is 33.3 Å². The summed E-state index contributed by atoms with van der Waals surface area (Å²) in [6.45, 7) is 7.78. The van der Waals surface area contributed by atoms with Gasteiger partial charge in [0, 0.05) is 5.69 Å². The van der Waals surface area contributed by atoms with Crippen molar-refractivity contribution in [1.82, 2.24) is 5.32 Å². The van der Waals surface area contributed by atoms with Crippen LogP contribution < -0.4 is 24.8 Å². The Morgan fingerprint density at radius 3 is 2.15 bits per heavy atom. The fraction of sp³-hybridized carbons (Fsp3) is 0.381. The number of carbonyl (C=O) groups excluding carboxylic acids is 1. The highest BCUT2D eigenvalue weighted by Gasteiger charge is 2.24. The molecule has 0 atom stereocenters. The van der Waals surface area contributed by atoms with Crippen LogP contribution in [0.5, 0.6) is 17.2 Å². The van der Waals surface area contributed by atoms with E-state index >= 15 is 0 Å². The number of hydrogen-bond donors (Lipinski definition) is 2. The van der Waals surface area contributed by atoms with Gasteiger partial charge in [0.1, 0.15) is 5.75 Å². The van der Waals surface area contributed by atoms with E-state index in [4.69, 9.17) is 14.2 Å². The molecule has 2 rings (SSSR count). The number of anilines is 1. The van der Waals surface area contributed by atoms with Crippen LogP contribution in [0, 0.1) is 0 Å². The second-order valence-electron chi connectivity index (χ2n) is 6.96. The van der Waals surface area contributed by atoms with Crippen molar-refractivity contribution in [3.63, 3.8) is 0 Å². The molecule has 2 aromatic carbocycles. The maximum Gasteiger partial charge on any atom is 0.319 e. The second kappa shape index (κ2) is 8.66. The number of amides is 2. The number of rotatable bonds is 7. The Labute approximate surface area is 160 Å². The molecule has 6 nitrogen and oxygen atoms in total. The minimum absolute atomic E-state index is 0.106. The largest absolute Gasteiger partial charge is 0.493 e. The first-order valence-corrected chi connectivity index (χ1v) is 8.83. The number of hydrogen-bond acceptors (Lipinski definition) is 4. The molecular weight excluding hydrogens is 344 g/mol. The molecule has 0 aliphatic heterocycles. The molecule has 0 unspecified atom stereocenters. The van der Waals surface area contributed by atoms with Crippen LogP contribution in [0.25, 0.3) is 0 Å². The molecule has 0 saturated heterocycles. The lowest BCUT2D eigenvalue weighted by Crippen LogP contribution is -2.43. The third-order valence-electron chi connectivity index (χ3n) is 4.02. The molecule has 0 radical (unpaired) electrons. The first kappa shape index (κ1) is 20.4.